The molecule has 0 bridgehead atoms. The standard InChI is InChI=1S/C14H22N2O/c1-4-15-11-14(17)16(3)10-9-13-8-6-5-7-12(13)2/h5-8,15H,4,9-11H2,1-3H3. The van der Waals surface area contributed by atoms with Gasteiger partial charge in [-0.15, -0.1) is 0 Å². The molecule has 94 valence electrons. The molecule has 3 heteroatoms. The topological polar surface area (TPSA) is 32.3 Å². The molecule has 0 aliphatic carbocycles. The highest BCUT2D eigenvalue weighted by Gasteiger charge is 2.07. The first-order chi connectivity index (χ1) is 8.15. The number of nitrogens with zero attached hydrogens (tertiary/aromatic N) is 1. The van der Waals surface area contributed by atoms with Gasteiger partial charge in [-0.3, -0.25) is 4.79 Å². The van der Waals surface area contributed by atoms with Gasteiger partial charge in [0.05, 0.1) is 6.54 Å². The van der Waals surface area contributed by atoms with Crippen molar-refractivity contribution in [2.75, 3.05) is 26.7 Å². The van der Waals surface area contributed by atoms with Crippen molar-refractivity contribution >= 4 is 5.91 Å². The van der Waals surface area contributed by atoms with Crippen molar-refractivity contribution < 1.29 is 4.79 Å². The summed E-state index contributed by atoms with van der Waals surface area (Å²) in [6, 6.07) is 8.31. The number of nitrogens with one attached hydrogen (secondary N) is 1. The number of hydrogen-bond donors (Lipinski definition) is 1. The minimum absolute atomic E-state index is 0.153. The fourth-order valence-corrected chi connectivity index (χ4v) is 1.67. The van der Waals surface area contributed by atoms with Crippen LogP contribution in [0.15, 0.2) is 24.3 Å². The van der Waals surface area contributed by atoms with Gasteiger partial charge in [0, 0.05) is 13.6 Å². The third kappa shape index (κ3) is 4.57. The predicted octanol–water partition coefficient (Wildman–Crippen LogP) is 1.61. The van der Waals surface area contributed by atoms with Crippen molar-refractivity contribution in [2.24, 2.45) is 0 Å². The van der Waals surface area contributed by atoms with Crippen LogP contribution in [0.1, 0.15) is 18.1 Å². The minimum Gasteiger partial charge on any atom is -0.344 e. The third-order valence-corrected chi connectivity index (χ3v) is 2.93. The molecule has 0 aliphatic heterocycles. The van der Waals surface area contributed by atoms with Gasteiger partial charge in [-0.25, -0.2) is 0 Å². The molecule has 1 N–H and O–H groups in total. The summed E-state index contributed by atoms with van der Waals surface area (Å²) < 4.78 is 0. The second kappa shape index (κ2) is 7.07. The molecule has 0 aliphatic rings. The fraction of sp³-hybridized carbons (Fsp3) is 0.500. The van der Waals surface area contributed by atoms with Crippen LogP contribution >= 0.6 is 0 Å². The van der Waals surface area contributed by atoms with E-state index in [0.29, 0.717) is 6.54 Å². The Kier molecular flexibility index (Phi) is 5.70. The quantitative estimate of drug-likeness (QED) is 0.811. The van der Waals surface area contributed by atoms with Gasteiger partial charge < -0.3 is 10.2 Å². The van der Waals surface area contributed by atoms with Gasteiger partial charge in [0.25, 0.3) is 0 Å². The highest BCUT2D eigenvalue weighted by Crippen LogP contribution is 2.07. The lowest BCUT2D eigenvalue weighted by Crippen LogP contribution is -2.36. The van der Waals surface area contributed by atoms with Gasteiger partial charge in [0.1, 0.15) is 0 Å². The van der Waals surface area contributed by atoms with E-state index in [1.165, 1.54) is 11.1 Å². The fourth-order valence-electron chi connectivity index (χ4n) is 1.67. The van der Waals surface area contributed by atoms with Crippen LogP contribution in [0.2, 0.25) is 0 Å². The summed E-state index contributed by atoms with van der Waals surface area (Å²) in [7, 11) is 1.86. The third-order valence-electron chi connectivity index (χ3n) is 2.93. The number of hydrogen-bond acceptors (Lipinski definition) is 2. The van der Waals surface area contributed by atoms with E-state index in [0.717, 1.165) is 19.5 Å². The summed E-state index contributed by atoms with van der Waals surface area (Å²) in [6.45, 7) is 6.14. The van der Waals surface area contributed by atoms with Crippen LogP contribution in [0.4, 0.5) is 0 Å². The largest absolute Gasteiger partial charge is 0.344 e. The highest BCUT2D eigenvalue weighted by molar-refractivity contribution is 5.77. The Labute approximate surface area is 104 Å². The molecule has 1 amide bonds. The summed E-state index contributed by atoms with van der Waals surface area (Å²) in [4.78, 5) is 13.5. The second-order valence-electron chi connectivity index (χ2n) is 4.27. The van der Waals surface area contributed by atoms with Crippen LogP contribution in [0.5, 0.6) is 0 Å². The van der Waals surface area contributed by atoms with Gasteiger partial charge in [-0.1, -0.05) is 31.2 Å². The zero-order chi connectivity index (χ0) is 12.7. The van der Waals surface area contributed by atoms with Crippen molar-refractivity contribution in [1.29, 1.82) is 0 Å². The van der Waals surface area contributed by atoms with Gasteiger partial charge in [0.15, 0.2) is 0 Å². The van der Waals surface area contributed by atoms with Gasteiger partial charge in [0.2, 0.25) is 5.91 Å². The first-order valence-corrected chi connectivity index (χ1v) is 6.14. The lowest BCUT2D eigenvalue weighted by Gasteiger charge is -2.17. The summed E-state index contributed by atoms with van der Waals surface area (Å²) in [6.07, 6.45) is 0.918. The molecule has 0 aromatic heterocycles. The SMILES string of the molecule is CCNCC(=O)N(C)CCc1ccccc1C. The summed E-state index contributed by atoms with van der Waals surface area (Å²) in [5, 5.41) is 3.05. The molecular weight excluding hydrogens is 212 g/mol. The molecule has 0 atom stereocenters. The maximum atomic E-state index is 11.7. The van der Waals surface area contributed by atoms with Crippen molar-refractivity contribution in [1.82, 2.24) is 10.2 Å². The molecule has 17 heavy (non-hydrogen) atoms. The van der Waals surface area contributed by atoms with Crippen LogP contribution in [-0.2, 0) is 11.2 Å². The molecule has 0 spiro atoms. The molecule has 0 fully saturated rings. The number of benzene rings is 1. The Morgan fingerprint density at radius 2 is 2.06 bits per heavy atom. The Hall–Kier alpha value is -1.35. The molecule has 0 heterocycles. The number of carbonyl (C=O) groups excluding carboxylic acids is 1. The Morgan fingerprint density at radius 1 is 1.35 bits per heavy atom. The highest BCUT2D eigenvalue weighted by atomic mass is 16.2. The van der Waals surface area contributed by atoms with Gasteiger partial charge in [-0.05, 0) is 31.0 Å². The number of carbonyl (C=O) groups is 1. The molecule has 0 saturated carbocycles. The van der Waals surface area contributed by atoms with E-state index in [2.05, 4.69) is 24.4 Å². The van der Waals surface area contributed by atoms with E-state index in [1.54, 1.807) is 4.90 Å². The van der Waals surface area contributed by atoms with Crippen molar-refractivity contribution in [3.63, 3.8) is 0 Å². The van der Waals surface area contributed by atoms with E-state index >= 15 is 0 Å². The van der Waals surface area contributed by atoms with Crippen molar-refractivity contribution in [2.45, 2.75) is 20.3 Å². The number of aryl methyl sites for hydroxylation is 1. The Morgan fingerprint density at radius 3 is 2.71 bits per heavy atom. The number of likely N-dealkylation sites (N-methyl/N-ethyl adjacent to an activating group) is 2. The van der Waals surface area contributed by atoms with E-state index in [4.69, 9.17) is 0 Å². The van der Waals surface area contributed by atoms with Crippen LogP contribution in [0, 0.1) is 6.92 Å². The van der Waals surface area contributed by atoms with E-state index in [-0.39, 0.29) is 5.91 Å². The Balaban J connectivity index is 2.40. The number of rotatable bonds is 6. The molecule has 1 aromatic carbocycles. The average molecular weight is 234 g/mol. The summed E-state index contributed by atoms with van der Waals surface area (Å²) >= 11 is 0. The van der Waals surface area contributed by atoms with Gasteiger partial charge >= 0.3 is 0 Å². The second-order valence-corrected chi connectivity index (χ2v) is 4.27. The van der Waals surface area contributed by atoms with Crippen molar-refractivity contribution in [3.8, 4) is 0 Å². The summed E-state index contributed by atoms with van der Waals surface area (Å²) in [5.41, 5.74) is 2.61. The molecular formula is C14H22N2O. The normalized spacial score (nSPS) is 10.3. The van der Waals surface area contributed by atoms with E-state index in [9.17, 15) is 4.79 Å². The average Bonchev–Trinajstić information content (AvgIpc) is 2.34. The van der Waals surface area contributed by atoms with Gasteiger partial charge in [-0.2, -0.15) is 0 Å². The van der Waals surface area contributed by atoms with Crippen LogP contribution in [0.25, 0.3) is 0 Å². The first kappa shape index (κ1) is 13.7. The predicted molar refractivity (Wildman–Crippen MR) is 71.1 cm³/mol. The molecule has 1 rings (SSSR count). The smallest absolute Gasteiger partial charge is 0.236 e. The van der Waals surface area contributed by atoms with Crippen LogP contribution in [-0.4, -0.2) is 37.5 Å². The molecule has 0 saturated heterocycles. The Bertz CT molecular complexity index is 363. The first-order valence-electron chi connectivity index (χ1n) is 6.14. The van der Waals surface area contributed by atoms with E-state index in [1.807, 2.05) is 26.1 Å². The molecule has 0 unspecified atom stereocenters. The van der Waals surface area contributed by atoms with Crippen molar-refractivity contribution in [3.05, 3.63) is 35.4 Å². The molecule has 3 nitrogen and oxygen atoms in total. The minimum atomic E-state index is 0.153. The summed E-state index contributed by atoms with van der Waals surface area (Å²) in [5.74, 6) is 0.153. The molecule has 1 aromatic rings. The van der Waals surface area contributed by atoms with E-state index < -0.39 is 0 Å². The lowest BCUT2D eigenvalue weighted by atomic mass is 10.1. The zero-order valence-corrected chi connectivity index (χ0v) is 11.0. The maximum Gasteiger partial charge on any atom is 0.236 e. The zero-order valence-electron chi connectivity index (χ0n) is 11.0. The maximum absolute atomic E-state index is 11.7. The monoisotopic (exact) mass is 234 g/mol. The van der Waals surface area contributed by atoms with Crippen LogP contribution < -0.4 is 5.32 Å². The lowest BCUT2D eigenvalue weighted by molar-refractivity contribution is -0.128. The van der Waals surface area contributed by atoms with Crippen LogP contribution in [0.3, 0.4) is 0 Å². The molecule has 0 radical (unpaired) electrons. The number of amides is 1.